The van der Waals surface area contributed by atoms with Crippen molar-refractivity contribution < 1.29 is 9.31 Å². The molecule has 0 amide bonds. The van der Waals surface area contributed by atoms with Crippen LogP contribution in [0.25, 0.3) is 0 Å². The molecule has 0 bridgehead atoms. The number of nitrogens with zero attached hydrogens (tertiary/aromatic N) is 1. The molecule has 0 radical (unpaired) electrons. The van der Waals surface area contributed by atoms with Gasteiger partial charge >= 0.3 is 0 Å². The van der Waals surface area contributed by atoms with E-state index in [1.165, 1.54) is 17.2 Å². The molecule has 5 heteroatoms. The zero-order valence-electron chi connectivity index (χ0n) is 14.1. The highest BCUT2D eigenvalue weighted by Crippen LogP contribution is 2.28. The molecule has 132 valence electrons. The van der Waals surface area contributed by atoms with E-state index >= 15 is 0 Å². The number of halogens is 1. The first-order valence-electron chi connectivity index (χ1n) is 8.43. The van der Waals surface area contributed by atoms with Crippen LogP contribution in [-0.4, -0.2) is 11.5 Å². The highest BCUT2D eigenvalue weighted by molar-refractivity contribution is 5.52. The average molecular weight is 350 g/mol. The lowest BCUT2D eigenvalue weighted by molar-refractivity contribution is -0.384. The van der Waals surface area contributed by atoms with Gasteiger partial charge in [0, 0.05) is 24.6 Å². The van der Waals surface area contributed by atoms with Crippen LogP contribution >= 0.6 is 0 Å². The number of benzene rings is 3. The summed E-state index contributed by atoms with van der Waals surface area (Å²) in [5.74, 6) is -0.335. The zero-order chi connectivity index (χ0) is 18.4. The molecule has 0 fully saturated rings. The Morgan fingerprint density at radius 1 is 0.923 bits per heavy atom. The maximum absolute atomic E-state index is 13.9. The monoisotopic (exact) mass is 350 g/mol. The van der Waals surface area contributed by atoms with Gasteiger partial charge in [-0.2, -0.15) is 0 Å². The molecule has 0 atom stereocenters. The van der Waals surface area contributed by atoms with Gasteiger partial charge in [-0.3, -0.25) is 10.1 Å². The quantitative estimate of drug-likeness (QED) is 0.460. The van der Waals surface area contributed by atoms with Crippen LogP contribution in [0.3, 0.4) is 0 Å². The van der Waals surface area contributed by atoms with Crippen LogP contribution in [0.15, 0.2) is 78.9 Å². The first-order chi connectivity index (χ1) is 12.6. The van der Waals surface area contributed by atoms with Crippen molar-refractivity contribution in [2.75, 3.05) is 11.9 Å². The Labute approximate surface area is 151 Å². The van der Waals surface area contributed by atoms with Crippen molar-refractivity contribution in [1.29, 1.82) is 0 Å². The number of non-ortho nitro benzene ring substituents is 1. The van der Waals surface area contributed by atoms with Gasteiger partial charge < -0.3 is 5.32 Å². The molecule has 0 aliphatic carbocycles. The van der Waals surface area contributed by atoms with E-state index in [0.29, 0.717) is 6.54 Å². The van der Waals surface area contributed by atoms with E-state index in [1.54, 1.807) is 0 Å². The molecular weight excluding hydrogens is 331 g/mol. The molecule has 3 aromatic rings. The van der Waals surface area contributed by atoms with E-state index in [-0.39, 0.29) is 17.3 Å². The largest absolute Gasteiger partial charge is 0.382 e. The number of hydrogen-bond donors (Lipinski definition) is 1. The third kappa shape index (κ3) is 4.25. The minimum Gasteiger partial charge on any atom is -0.382 e. The van der Waals surface area contributed by atoms with Gasteiger partial charge in [-0.25, -0.2) is 4.39 Å². The second kappa shape index (κ2) is 8.25. The minimum absolute atomic E-state index is 0.128. The lowest BCUT2D eigenvalue weighted by atomic mass is 9.88. The highest BCUT2D eigenvalue weighted by atomic mass is 19.1. The molecule has 0 aromatic heterocycles. The van der Waals surface area contributed by atoms with Crippen LogP contribution in [0.5, 0.6) is 0 Å². The fourth-order valence-corrected chi connectivity index (χ4v) is 3.01. The Bertz CT molecular complexity index is 830. The summed E-state index contributed by atoms with van der Waals surface area (Å²) in [5.41, 5.74) is 2.38. The summed E-state index contributed by atoms with van der Waals surface area (Å²) < 4.78 is 13.9. The predicted octanol–water partition coefficient (Wildman–Crippen LogP) is 5.37. The van der Waals surface area contributed by atoms with Gasteiger partial charge in [-0.1, -0.05) is 60.7 Å². The number of hydrogen-bond acceptors (Lipinski definition) is 3. The Kier molecular flexibility index (Phi) is 5.59. The highest BCUT2D eigenvalue weighted by Gasteiger charge is 2.15. The number of rotatable bonds is 7. The van der Waals surface area contributed by atoms with Gasteiger partial charge in [0.25, 0.3) is 5.69 Å². The van der Waals surface area contributed by atoms with Crippen molar-refractivity contribution in [3.8, 4) is 0 Å². The SMILES string of the molecule is O=[N+]([O-])c1ccc(F)c(NCCC(c2ccccc2)c2ccccc2)c1. The van der Waals surface area contributed by atoms with Gasteiger partial charge in [-0.05, 0) is 23.6 Å². The molecule has 0 saturated carbocycles. The van der Waals surface area contributed by atoms with E-state index in [9.17, 15) is 14.5 Å². The van der Waals surface area contributed by atoms with Crippen molar-refractivity contribution >= 4 is 11.4 Å². The van der Waals surface area contributed by atoms with E-state index in [2.05, 4.69) is 29.6 Å². The van der Waals surface area contributed by atoms with Crippen molar-refractivity contribution in [3.63, 3.8) is 0 Å². The van der Waals surface area contributed by atoms with Crippen molar-refractivity contribution in [1.82, 2.24) is 0 Å². The van der Waals surface area contributed by atoms with Gasteiger partial charge in [-0.15, -0.1) is 0 Å². The molecule has 1 N–H and O–H groups in total. The molecule has 3 rings (SSSR count). The second-order valence-electron chi connectivity index (χ2n) is 6.01. The Morgan fingerprint density at radius 2 is 1.50 bits per heavy atom. The van der Waals surface area contributed by atoms with Crippen LogP contribution in [0, 0.1) is 15.9 Å². The molecule has 26 heavy (non-hydrogen) atoms. The maximum Gasteiger partial charge on any atom is 0.271 e. The Morgan fingerprint density at radius 3 is 2.04 bits per heavy atom. The van der Waals surface area contributed by atoms with Crippen LogP contribution in [0.4, 0.5) is 15.8 Å². The second-order valence-corrected chi connectivity index (χ2v) is 6.01. The first-order valence-corrected chi connectivity index (χ1v) is 8.43. The Balaban J connectivity index is 1.75. The first kappa shape index (κ1) is 17.6. The number of nitro groups is 1. The van der Waals surface area contributed by atoms with Crippen LogP contribution in [-0.2, 0) is 0 Å². The summed E-state index contributed by atoms with van der Waals surface area (Å²) in [6.45, 7) is 0.493. The lowest BCUT2D eigenvalue weighted by Crippen LogP contribution is -2.10. The molecule has 0 aliphatic heterocycles. The summed E-state index contributed by atoms with van der Waals surface area (Å²) in [6.07, 6.45) is 0.732. The molecule has 3 aromatic carbocycles. The molecule has 0 heterocycles. The fraction of sp³-hybridized carbons (Fsp3) is 0.143. The topological polar surface area (TPSA) is 55.2 Å². The summed E-state index contributed by atoms with van der Waals surface area (Å²) in [6, 6.07) is 23.8. The van der Waals surface area contributed by atoms with Crippen LogP contribution < -0.4 is 5.32 Å². The molecule has 0 unspecified atom stereocenters. The van der Waals surface area contributed by atoms with Crippen LogP contribution in [0.1, 0.15) is 23.5 Å². The van der Waals surface area contributed by atoms with E-state index in [4.69, 9.17) is 0 Å². The predicted molar refractivity (Wildman–Crippen MR) is 101 cm³/mol. The van der Waals surface area contributed by atoms with Crippen molar-refractivity contribution in [2.24, 2.45) is 0 Å². The molecule has 0 saturated heterocycles. The van der Waals surface area contributed by atoms with Gasteiger partial charge in [0.1, 0.15) is 5.82 Å². The molecule has 4 nitrogen and oxygen atoms in total. The summed E-state index contributed by atoms with van der Waals surface area (Å²) in [4.78, 5) is 10.3. The average Bonchev–Trinajstić information content (AvgIpc) is 2.67. The minimum atomic E-state index is -0.526. The van der Waals surface area contributed by atoms with E-state index < -0.39 is 10.7 Å². The van der Waals surface area contributed by atoms with Gasteiger partial charge in [0.05, 0.1) is 10.6 Å². The maximum atomic E-state index is 13.9. The number of anilines is 1. The number of nitro benzene ring substituents is 1. The van der Waals surface area contributed by atoms with Crippen molar-refractivity contribution in [3.05, 3.63) is 106 Å². The van der Waals surface area contributed by atoms with Gasteiger partial charge in [0.2, 0.25) is 0 Å². The summed E-state index contributed by atoms with van der Waals surface area (Å²) in [5, 5.41) is 13.9. The fourth-order valence-electron chi connectivity index (χ4n) is 3.01. The Hall–Kier alpha value is -3.21. The van der Waals surface area contributed by atoms with E-state index in [0.717, 1.165) is 18.6 Å². The molecule has 0 spiro atoms. The zero-order valence-corrected chi connectivity index (χ0v) is 14.1. The summed E-state index contributed by atoms with van der Waals surface area (Å²) in [7, 11) is 0. The molecule has 0 aliphatic rings. The standard InChI is InChI=1S/C21H19FN2O2/c22-20-12-11-18(24(25)26)15-21(20)23-14-13-19(16-7-3-1-4-8-16)17-9-5-2-6-10-17/h1-12,15,19,23H,13-14H2. The third-order valence-corrected chi connectivity index (χ3v) is 4.31. The lowest BCUT2D eigenvalue weighted by Gasteiger charge is -2.19. The normalized spacial score (nSPS) is 10.7. The number of nitrogens with one attached hydrogen (secondary N) is 1. The van der Waals surface area contributed by atoms with Crippen molar-refractivity contribution in [2.45, 2.75) is 12.3 Å². The summed E-state index contributed by atoms with van der Waals surface area (Å²) >= 11 is 0. The smallest absolute Gasteiger partial charge is 0.271 e. The van der Waals surface area contributed by atoms with Gasteiger partial charge in [0.15, 0.2) is 0 Å². The molecular formula is C21H19FN2O2. The van der Waals surface area contributed by atoms with Crippen LogP contribution in [0.2, 0.25) is 0 Å². The third-order valence-electron chi connectivity index (χ3n) is 4.31. The van der Waals surface area contributed by atoms with E-state index in [1.807, 2.05) is 36.4 Å².